The minimum Gasteiger partial charge on any atom is -0.465 e. The maximum absolute atomic E-state index is 11.8. The molecule has 0 aliphatic rings. The second-order valence-corrected chi connectivity index (χ2v) is 4.07. The topological polar surface area (TPSA) is 51.3 Å². The number of hydrogen-bond donors (Lipinski definition) is 0. The van der Waals surface area contributed by atoms with Crippen molar-refractivity contribution in [2.45, 2.75) is 6.54 Å². The molecule has 2 aromatic heterocycles. The Morgan fingerprint density at radius 1 is 1.61 bits per heavy atom. The summed E-state index contributed by atoms with van der Waals surface area (Å²) in [5.74, 6) is 0.591. The van der Waals surface area contributed by atoms with E-state index in [1.165, 1.54) is 6.08 Å². The molecular weight excluding hydrogens is 230 g/mol. The van der Waals surface area contributed by atoms with Gasteiger partial charge in [0.2, 0.25) is 5.91 Å². The summed E-state index contributed by atoms with van der Waals surface area (Å²) in [6.45, 7) is 0.537. The third-order valence-electron chi connectivity index (χ3n) is 2.49. The van der Waals surface area contributed by atoms with Crippen molar-refractivity contribution < 1.29 is 9.21 Å². The molecule has 2 heterocycles. The van der Waals surface area contributed by atoms with Crippen LogP contribution in [-0.2, 0) is 18.4 Å². The van der Waals surface area contributed by atoms with Gasteiger partial charge in [0, 0.05) is 38.5 Å². The van der Waals surface area contributed by atoms with E-state index in [1.54, 1.807) is 47.3 Å². The van der Waals surface area contributed by atoms with Crippen molar-refractivity contribution >= 4 is 12.0 Å². The molecule has 0 aliphatic heterocycles. The predicted octanol–water partition coefficient (Wildman–Crippen LogP) is 1.68. The van der Waals surface area contributed by atoms with Crippen LogP contribution in [0, 0.1) is 0 Å². The number of amides is 1. The molecule has 0 radical (unpaired) electrons. The Bertz CT molecular complexity index is 540. The van der Waals surface area contributed by atoms with Gasteiger partial charge in [-0.25, -0.2) is 0 Å². The molecule has 0 fully saturated rings. The van der Waals surface area contributed by atoms with E-state index in [9.17, 15) is 4.79 Å². The third-order valence-corrected chi connectivity index (χ3v) is 2.49. The quantitative estimate of drug-likeness (QED) is 0.770. The normalized spacial score (nSPS) is 11.0. The van der Waals surface area contributed by atoms with Gasteiger partial charge in [0.05, 0.1) is 12.5 Å². The van der Waals surface area contributed by atoms with E-state index < -0.39 is 0 Å². The average molecular weight is 245 g/mol. The van der Waals surface area contributed by atoms with Crippen LogP contribution < -0.4 is 0 Å². The Kier molecular flexibility index (Phi) is 3.62. The van der Waals surface area contributed by atoms with Crippen LogP contribution in [-0.4, -0.2) is 27.6 Å². The van der Waals surface area contributed by atoms with Crippen LogP contribution in [0.2, 0.25) is 0 Å². The number of hydrogen-bond acceptors (Lipinski definition) is 3. The number of nitrogens with zero attached hydrogens (tertiary/aromatic N) is 3. The number of likely N-dealkylation sites (N-methyl/N-ethyl adjacent to an activating group) is 1. The molecule has 2 aromatic rings. The number of furan rings is 1. The molecule has 2 rings (SSSR count). The average Bonchev–Trinajstić information content (AvgIpc) is 2.97. The van der Waals surface area contributed by atoms with Gasteiger partial charge < -0.3 is 9.32 Å². The summed E-state index contributed by atoms with van der Waals surface area (Å²) >= 11 is 0. The summed E-state index contributed by atoms with van der Waals surface area (Å²) in [6.07, 6.45) is 8.36. The zero-order valence-corrected chi connectivity index (χ0v) is 10.4. The highest BCUT2D eigenvalue weighted by Crippen LogP contribution is 2.05. The highest BCUT2D eigenvalue weighted by molar-refractivity contribution is 5.91. The van der Waals surface area contributed by atoms with Crippen molar-refractivity contribution in [2.75, 3.05) is 7.05 Å². The third kappa shape index (κ3) is 3.10. The van der Waals surface area contributed by atoms with Gasteiger partial charge in [0.25, 0.3) is 0 Å². The number of aryl methyl sites for hydroxylation is 1. The van der Waals surface area contributed by atoms with E-state index in [4.69, 9.17) is 4.42 Å². The molecule has 5 nitrogen and oxygen atoms in total. The van der Waals surface area contributed by atoms with Gasteiger partial charge in [-0.1, -0.05) is 0 Å². The highest BCUT2D eigenvalue weighted by atomic mass is 16.3. The first-order chi connectivity index (χ1) is 8.65. The second kappa shape index (κ2) is 5.35. The summed E-state index contributed by atoms with van der Waals surface area (Å²) in [7, 11) is 3.60. The van der Waals surface area contributed by atoms with E-state index in [0.717, 1.165) is 5.56 Å². The van der Waals surface area contributed by atoms with Gasteiger partial charge in [0.1, 0.15) is 5.76 Å². The molecule has 0 aliphatic carbocycles. The van der Waals surface area contributed by atoms with Crippen LogP contribution in [0.3, 0.4) is 0 Å². The Hall–Kier alpha value is -2.30. The lowest BCUT2D eigenvalue weighted by Crippen LogP contribution is -2.23. The number of rotatable bonds is 4. The van der Waals surface area contributed by atoms with E-state index in [1.807, 2.05) is 13.2 Å². The fourth-order valence-electron chi connectivity index (χ4n) is 1.57. The molecule has 1 amide bonds. The molecule has 0 aromatic carbocycles. The lowest BCUT2D eigenvalue weighted by Gasteiger charge is -2.13. The fraction of sp³-hybridized carbons (Fsp3) is 0.231. The van der Waals surface area contributed by atoms with Gasteiger partial charge in [-0.05, 0) is 18.2 Å². The Labute approximate surface area is 105 Å². The smallest absolute Gasteiger partial charge is 0.246 e. The summed E-state index contributed by atoms with van der Waals surface area (Å²) in [6, 6.07) is 3.58. The molecule has 0 saturated heterocycles. The Morgan fingerprint density at radius 3 is 3.06 bits per heavy atom. The van der Waals surface area contributed by atoms with Crippen LogP contribution in [0.5, 0.6) is 0 Å². The monoisotopic (exact) mass is 245 g/mol. The molecule has 0 unspecified atom stereocenters. The molecule has 0 atom stereocenters. The molecule has 0 bridgehead atoms. The number of aromatic nitrogens is 2. The summed E-state index contributed by atoms with van der Waals surface area (Å²) in [5, 5.41) is 4.06. The highest BCUT2D eigenvalue weighted by Gasteiger charge is 2.07. The van der Waals surface area contributed by atoms with Crippen molar-refractivity contribution in [1.82, 2.24) is 14.7 Å². The van der Waals surface area contributed by atoms with Gasteiger partial charge in [-0.2, -0.15) is 5.10 Å². The Balaban J connectivity index is 1.92. The van der Waals surface area contributed by atoms with E-state index in [2.05, 4.69) is 5.10 Å². The first kappa shape index (κ1) is 12.2. The molecule has 94 valence electrons. The first-order valence-corrected chi connectivity index (χ1v) is 5.59. The van der Waals surface area contributed by atoms with Gasteiger partial charge >= 0.3 is 0 Å². The van der Waals surface area contributed by atoms with E-state index in [0.29, 0.717) is 12.3 Å². The van der Waals surface area contributed by atoms with Crippen molar-refractivity contribution in [1.29, 1.82) is 0 Å². The van der Waals surface area contributed by atoms with E-state index in [-0.39, 0.29) is 5.91 Å². The molecule has 0 spiro atoms. The number of carbonyl (C=O) groups is 1. The predicted molar refractivity (Wildman–Crippen MR) is 67.4 cm³/mol. The summed E-state index contributed by atoms with van der Waals surface area (Å²) in [5.41, 5.74) is 1.000. The zero-order valence-electron chi connectivity index (χ0n) is 10.4. The van der Waals surface area contributed by atoms with Crippen molar-refractivity contribution in [3.8, 4) is 0 Å². The maximum atomic E-state index is 11.8. The SMILES string of the molecule is CN(Cc1cnn(C)c1)C(=O)/C=C/c1ccco1. The van der Waals surface area contributed by atoms with E-state index >= 15 is 0 Å². The second-order valence-electron chi connectivity index (χ2n) is 4.07. The number of carbonyl (C=O) groups excluding carboxylic acids is 1. The van der Waals surface area contributed by atoms with Gasteiger partial charge in [-0.3, -0.25) is 9.48 Å². The van der Waals surface area contributed by atoms with Crippen molar-refractivity contribution in [3.63, 3.8) is 0 Å². The Morgan fingerprint density at radius 2 is 2.44 bits per heavy atom. The first-order valence-electron chi connectivity index (χ1n) is 5.59. The summed E-state index contributed by atoms with van der Waals surface area (Å²) in [4.78, 5) is 13.4. The van der Waals surface area contributed by atoms with Crippen LogP contribution in [0.1, 0.15) is 11.3 Å². The lowest BCUT2D eigenvalue weighted by molar-refractivity contribution is -0.125. The minimum atomic E-state index is -0.0738. The standard InChI is InChI=1S/C13H15N3O2/c1-15(9-11-8-14-16(2)10-11)13(17)6-5-12-4-3-7-18-12/h3-8,10H,9H2,1-2H3/b6-5+. The van der Waals surface area contributed by atoms with Crippen LogP contribution in [0.15, 0.2) is 41.3 Å². The minimum absolute atomic E-state index is 0.0738. The molecule has 0 saturated carbocycles. The largest absolute Gasteiger partial charge is 0.465 e. The van der Waals surface area contributed by atoms with Gasteiger partial charge in [-0.15, -0.1) is 0 Å². The van der Waals surface area contributed by atoms with Crippen molar-refractivity contribution in [2.24, 2.45) is 7.05 Å². The summed E-state index contributed by atoms with van der Waals surface area (Å²) < 4.78 is 6.83. The fourth-order valence-corrected chi connectivity index (χ4v) is 1.57. The van der Waals surface area contributed by atoms with Crippen LogP contribution >= 0.6 is 0 Å². The molecule has 5 heteroatoms. The maximum Gasteiger partial charge on any atom is 0.246 e. The molecule has 0 N–H and O–H groups in total. The molecular formula is C13H15N3O2. The van der Waals surface area contributed by atoms with Crippen LogP contribution in [0.25, 0.3) is 6.08 Å². The van der Waals surface area contributed by atoms with Crippen LogP contribution in [0.4, 0.5) is 0 Å². The lowest BCUT2D eigenvalue weighted by atomic mass is 10.3. The van der Waals surface area contributed by atoms with Crippen molar-refractivity contribution in [3.05, 3.63) is 48.2 Å². The molecule has 18 heavy (non-hydrogen) atoms. The zero-order chi connectivity index (χ0) is 13.0. The van der Waals surface area contributed by atoms with Gasteiger partial charge in [0.15, 0.2) is 0 Å².